The minimum absolute atomic E-state index is 0.00681. The number of rotatable bonds is 1. The van der Waals surface area contributed by atoms with Gasteiger partial charge in [0.05, 0.1) is 17.7 Å². The molecule has 0 atom stereocenters. The molecule has 9 heteroatoms. The van der Waals surface area contributed by atoms with E-state index in [4.69, 9.17) is 14.3 Å². The van der Waals surface area contributed by atoms with Crippen molar-refractivity contribution in [1.82, 2.24) is 10.6 Å². The first-order valence-corrected chi connectivity index (χ1v) is 12.4. The molecule has 2 N–H and O–H groups in total. The molecule has 2 aromatic carbocycles. The molecular weight excluding hydrogens is 468 g/mol. The van der Waals surface area contributed by atoms with Gasteiger partial charge in [-0.05, 0) is 62.6 Å². The number of Topliss-reactive ketones (excluding diaryl/α,β-unsaturated/α-hetero) is 1. The Morgan fingerprint density at radius 1 is 0.806 bits per heavy atom. The van der Waals surface area contributed by atoms with Crippen molar-refractivity contribution in [2.45, 2.75) is 49.7 Å². The van der Waals surface area contributed by atoms with Crippen molar-refractivity contribution in [2.75, 3.05) is 33.3 Å². The Hall–Kier alpha value is -3.04. The first-order valence-electron chi connectivity index (χ1n) is 12.4. The Labute approximate surface area is 209 Å². The molecule has 0 saturated carbocycles. The van der Waals surface area contributed by atoms with Crippen LogP contribution in [0, 0.1) is 11.6 Å². The van der Waals surface area contributed by atoms with Crippen molar-refractivity contribution in [1.29, 1.82) is 0 Å². The van der Waals surface area contributed by atoms with Crippen molar-refractivity contribution in [3.63, 3.8) is 0 Å². The number of ketones is 1. The van der Waals surface area contributed by atoms with Gasteiger partial charge in [0.25, 0.3) is 0 Å². The summed E-state index contributed by atoms with van der Waals surface area (Å²) in [6.07, 6.45) is 4.54. The molecule has 0 unspecified atom stereocenters. The van der Waals surface area contributed by atoms with Crippen LogP contribution in [0.15, 0.2) is 41.6 Å². The Balaban J connectivity index is 0.000000149. The predicted molar refractivity (Wildman–Crippen MR) is 131 cm³/mol. The molecule has 0 aromatic heterocycles. The molecule has 2 aromatic rings. The van der Waals surface area contributed by atoms with Crippen LogP contribution < -0.4 is 20.1 Å². The first kappa shape index (κ1) is 24.6. The second-order valence-corrected chi connectivity index (χ2v) is 9.85. The van der Waals surface area contributed by atoms with Gasteiger partial charge in [0, 0.05) is 37.7 Å². The van der Waals surface area contributed by atoms with Gasteiger partial charge in [-0.1, -0.05) is 5.16 Å². The van der Waals surface area contributed by atoms with Crippen LogP contribution in [0.1, 0.15) is 54.4 Å². The maximum absolute atomic E-state index is 13.4. The Morgan fingerprint density at radius 2 is 1.31 bits per heavy atom. The molecule has 4 heterocycles. The summed E-state index contributed by atoms with van der Waals surface area (Å²) in [4.78, 5) is 17.0. The SMILES string of the molecule is CO/N=C1\CC2(CCNCC2)Oc2ccc(F)cc21.O=C1CC2(CCNCC2)Oc2ccc(F)cc21. The van der Waals surface area contributed by atoms with E-state index in [1.54, 1.807) is 12.1 Å². The van der Waals surface area contributed by atoms with Crippen LogP contribution in [-0.2, 0) is 4.84 Å². The fourth-order valence-corrected chi connectivity index (χ4v) is 5.47. The summed E-state index contributed by atoms with van der Waals surface area (Å²) in [7, 11) is 1.51. The maximum Gasteiger partial charge on any atom is 0.170 e. The largest absolute Gasteiger partial charge is 0.486 e. The Bertz CT molecular complexity index is 1160. The molecule has 2 spiro atoms. The average molecular weight is 500 g/mol. The van der Waals surface area contributed by atoms with E-state index in [1.165, 1.54) is 31.4 Å². The molecule has 0 aliphatic carbocycles. The van der Waals surface area contributed by atoms with Gasteiger partial charge >= 0.3 is 0 Å². The van der Waals surface area contributed by atoms with Crippen LogP contribution >= 0.6 is 0 Å². The van der Waals surface area contributed by atoms with Crippen LogP contribution in [0.2, 0.25) is 0 Å². The Morgan fingerprint density at radius 3 is 1.86 bits per heavy atom. The number of halogens is 2. The lowest BCUT2D eigenvalue weighted by molar-refractivity contribution is 0.0186. The van der Waals surface area contributed by atoms with E-state index in [9.17, 15) is 13.6 Å². The number of ether oxygens (including phenoxy) is 2. The van der Waals surface area contributed by atoms with Crippen LogP contribution in [0.5, 0.6) is 11.5 Å². The number of carbonyl (C=O) groups is 1. The van der Waals surface area contributed by atoms with E-state index in [-0.39, 0.29) is 28.6 Å². The van der Waals surface area contributed by atoms with Crippen LogP contribution in [0.4, 0.5) is 8.78 Å². The quantitative estimate of drug-likeness (QED) is 0.578. The number of oxime groups is 1. The third-order valence-electron chi connectivity index (χ3n) is 7.35. The monoisotopic (exact) mass is 499 g/mol. The summed E-state index contributed by atoms with van der Waals surface area (Å²) >= 11 is 0. The zero-order valence-electron chi connectivity index (χ0n) is 20.4. The minimum atomic E-state index is -0.387. The van der Waals surface area contributed by atoms with Gasteiger partial charge in [-0.25, -0.2) is 8.78 Å². The number of nitrogens with zero attached hydrogens (tertiary/aromatic N) is 1. The van der Waals surface area contributed by atoms with Crippen molar-refractivity contribution >= 4 is 11.5 Å². The van der Waals surface area contributed by atoms with E-state index >= 15 is 0 Å². The molecule has 2 fully saturated rings. The maximum atomic E-state index is 13.4. The molecular formula is C27H31F2N3O4. The van der Waals surface area contributed by atoms with Crippen molar-refractivity contribution in [3.8, 4) is 11.5 Å². The van der Waals surface area contributed by atoms with Crippen LogP contribution in [0.25, 0.3) is 0 Å². The van der Waals surface area contributed by atoms with Crippen molar-refractivity contribution in [2.24, 2.45) is 5.16 Å². The minimum Gasteiger partial charge on any atom is -0.486 e. The molecule has 0 bridgehead atoms. The Kier molecular flexibility index (Phi) is 6.94. The van der Waals surface area contributed by atoms with E-state index < -0.39 is 0 Å². The number of piperidine rings is 2. The number of carbonyl (C=O) groups excluding carboxylic acids is 1. The normalized spacial score (nSPS) is 22.5. The average Bonchev–Trinajstić information content (AvgIpc) is 2.87. The second-order valence-electron chi connectivity index (χ2n) is 9.85. The van der Waals surface area contributed by atoms with Gasteiger partial charge in [0.15, 0.2) is 5.78 Å². The molecule has 0 radical (unpaired) electrons. The third kappa shape index (κ3) is 5.08. The fourth-order valence-electron chi connectivity index (χ4n) is 5.47. The van der Waals surface area contributed by atoms with Crippen LogP contribution in [0.3, 0.4) is 0 Å². The van der Waals surface area contributed by atoms with E-state index in [0.29, 0.717) is 35.5 Å². The smallest absolute Gasteiger partial charge is 0.170 e. The van der Waals surface area contributed by atoms with E-state index in [1.807, 2.05) is 0 Å². The number of fused-ring (bicyclic) bond motifs is 2. The zero-order chi connectivity index (χ0) is 25.2. The lowest BCUT2D eigenvalue weighted by atomic mass is 9.82. The molecule has 2 saturated heterocycles. The van der Waals surface area contributed by atoms with Gasteiger partial charge in [-0.15, -0.1) is 0 Å². The predicted octanol–water partition coefficient (Wildman–Crippen LogP) is 3.99. The highest BCUT2D eigenvalue weighted by Gasteiger charge is 2.42. The first-order chi connectivity index (χ1) is 17.4. The summed E-state index contributed by atoms with van der Waals surface area (Å²) in [6, 6.07) is 8.73. The summed E-state index contributed by atoms with van der Waals surface area (Å²) < 4.78 is 38.6. The summed E-state index contributed by atoms with van der Waals surface area (Å²) in [5.41, 5.74) is 1.26. The van der Waals surface area contributed by atoms with Gasteiger partial charge in [-0.2, -0.15) is 0 Å². The van der Waals surface area contributed by atoms with Gasteiger partial charge in [-0.3, -0.25) is 4.79 Å². The highest BCUT2D eigenvalue weighted by atomic mass is 19.1. The molecule has 4 aliphatic rings. The molecule has 7 nitrogen and oxygen atoms in total. The molecule has 0 amide bonds. The van der Waals surface area contributed by atoms with Crippen molar-refractivity contribution in [3.05, 3.63) is 59.2 Å². The third-order valence-corrected chi connectivity index (χ3v) is 7.35. The number of hydrogen-bond donors (Lipinski definition) is 2. The van der Waals surface area contributed by atoms with Crippen LogP contribution in [-0.4, -0.2) is 56.0 Å². The van der Waals surface area contributed by atoms with E-state index in [2.05, 4.69) is 15.8 Å². The number of nitrogens with one attached hydrogen (secondary N) is 2. The zero-order valence-corrected chi connectivity index (χ0v) is 20.4. The van der Waals surface area contributed by atoms with Crippen molar-refractivity contribution < 1.29 is 27.9 Å². The highest BCUT2D eigenvalue weighted by Crippen LogP contribution is 2.39. The number of hydrogen-bond acceptors (Lipinski definition) is 7. The molecule has 192 valence electrons. The lowest BCUT2D eigenvalue weighted by Crippen LogP contribution is -2.49. The standard InChI is InChI=1S/C14H17FN2O2.C13H14FNO2/c1-18-17-12-9-14(4-6-16-7-5-14)19-13-3-2-10(15)8-11(12)13;14-9-1-2-12-10(7-9)11(16)8-13(17-12)3-5-15-6-4-13/h2-3,8,16H,4-7,9H2,1H3;1-2,7,15H,3-6,8H2/b17-12+;. The summed E-state index contributed by atoms with van der Waals surface area (Å²) in [5.74, 6) is 0.553. The summed E-state index contributed by atoms with van der Waals surface area (Å²) in [6.45, 7) is 3.58. The van der Waals surface area contributed by atoms with E-state index in [0.717, 1.165) is 57.6 Å². The number of benzene rings is 2. The molecule has 36 heavy (non-hydrogen) atoms. The topological polar surface area (TPSA) is 81.2 Å². The molecule has 4 aliphatic heterocycles. The van der Waals surface area contributed by atoms with Gasteiger partial charge < -0.3 is 24.9 Å². The van der Waals surface area contributed by atoms with Gasteiger partial charge in [0.1, 0.15) is 41.4 Å². The molecule has 6 rings (SSSR count). The summed E-state index contributed by atoms with van der Waals surface area (Å²) in [5, 5.41) is 10.6. The van der Waals surface area contributed by atoms with Gasteiger partial charge in [0.2, 0.25) is 0 Å². The fraction of sp³-hybridized carbons (Fsp3) is 0.481. The second kappa shape index (κ2) is 10.1. The lowest BCUT2D eigenvalue weighted by Gasteiger charge is -2.41. The highest BCUT2D eigenvalue weighted by molar-refractivity contribution is 6.04.